The lowest BCUT2D eigenvalue weighted by atomic mass is 10.1. The van der Waals surface area contributed by atoms with Gasteiger partial charge in [0.15, 0.2) is 0 Å². The van der Waals surface area contributed by atoms with Gasteiger partial charge >= 0.3 is 5.69 Å². The van der Waals surface area contributed by atoms with Crippen LogP contribution >= 0.6 is 0 Å². The number of hydrogen-bond donors (Lipinski definition) is 1. The first kappa shape index (κ1) is 17.8. The van der Waals surface area contributed by atoms with Crippen molar-refractivity contribution in [3.8, 4) is 0 Å². The number of nitro groups is 1. The van der Waals surface area contributed by atoms with Gasteiger partial charge < -0.3 is 10.2 Å². The van der Waals surface area contributed by atoms with E-state index in [9.17, 15) is 14.9 Å². The smallest absolute Gasteiger partial charge is 0.311 e. The van der Waals surface area contributed by atoms with E-state index >= 15 is 0 Å². The second kappa shape index (κ2) is 7.95. The summed E-state index contributed by atoms with van der Waals surface area (Å²) in [7, 11) is 0. The molecule has 0 spiro atoms. The van der Waals surface area contributed by atoms with Crippen molar-refractivity contribution >= 4 is 17.4 Å². The Bertz CT molecular complexity index is 795. The van der Waals surface area contributed by atoms with E-state index in [2.05, 4.69) is 22.4 Å². The topological polar surface area (TPSA) is 88.4 Å². The van der Waals surface area contributed by atoms with Crippen molar-refractivity contribution in [1.82, 2.24) is 9.88 Å². The zero-order valence-electron chi connectivity index (χ0n) is 14.7. The highest BCUT2D eigenvalue weighted by Crippen LogP contribution is 2.25. The first-order valence-corrected chi connectivity index (χ1v) is 8.75. The van der Waals surface area contributed by atoms with E-state index in [-0.39, 0.29) is 17.4 Å². The van der Waals surface area contributed by atoms with Crippen LogP contribution in [0.25, 0.3) is 0 Å². The molecule has 1 aromatic carbocycles. The van der Waals surface area contributed by atoms with E-state index in [1.54, 1.807) is 13.1 Å². The number of hydrogen-bond acceptors (Lipinski definition) is 5. The molecule has 3 rings (SSSR count). The monoisotopic (exact) mass is 354 g/mol. The second-order valence-electron chi connectivity index (χ2n) is 6.54. The number of rotatable bonds is 7. The first-order valence-electron chi connectivity index (χ1n) is 8.75. The van der Waals surface area contributed by atoms with Crippen molar-refractivity contribution in [3.05, 3.63) is 63.8 Å². The van der Waals surface area contributed by atoms with Crippen molar-refractivity contribution in [2.75, 3.05) is 18.4 Å². The van der Waals surface area contributed by atoms with Gasteiger partial charge in [0.05, 0.1) is 4.92 Å². The molecule has 1 atom stereocenters. The van der Waals surface area contributed by atoms with Gasteiger partial charge in [0.2, 0.25) is 11.7 Å². The average Bonchev–Trinajstić information content (AvgIpc) is 2.97. The molecular weight excluding hydrogens is 332 g/mol. The van der Waals surface area contributed by atoms with E-state index in [0.717, 1.165) is 12.8 Å². The minimum Gasteiger partial charge on any atom is -0.353 e. The van der Waals surface area contributed by atoms with E-state index < -0.39 is 11.0 Å². The molecule has 1 aliphatic rings. The van der Waals surface area contributed by atoms with Crippen LogP contribution in [0.1, 0.15) is 24.0 Å². The molecule has 2 heterocycles. The molecule has 1 saturated heterocycles. The fourth-order valence-corrected chi connectivity index (χ4v) is 3.18. The molecule has 2 aromatic rings. The number of benzene rings is 1. The number of carbonyl (C=O) groups is 1. The number of carbonyl (C=O) groups excluding carboxylic acids is 1. The molecule has 136 valence electrons. The van der Waals surface area contributed by atoms with Gasteiger partial charge in [-0.25, -0.2) is 4.98 Å². The number of likely N-dealkylation sites (tertiary alicyclic amines) is 1. The molecule has 1 fully saturated rings. The van der Waals surface area contributed by atoms with Gasteiger partial charge in [-0.05, 0) is 37.3 Å². The van der Waals surface area contributed by atoms with Gasteiger partial charge in [0.1, 0.15) is 6.04 Å². The maximum atomic E-state index is 12.6. The number of aromatic nitrogens is 1. The van der Waals surface area contributed by atoms with Crippen molar-refractivity contribution < 1.29 is 9.72 Å². The molecule has 7 nitrogen and oxygen atoms in total. The lowest BCUT2D eigenvalue weighted by molar-refractivity contribution is -0.384. The van der Waals surface area contributed by atoms with Gasteiger partial charge in [-0.1, -0.05) is 30.3 Å². The predicted octanol–water partition coefficient (Wildman–Crippen LogP) is 2.94. The Hall–Kier alpha value is -2.96. The average molecular weight is 354 g/mol. The molecule has 26 heavy (non-hydrogen) atoms. The Morgan fingerprint density at radius 2 is 2.12 bits per heavy atom. The van der Waals surface area contributed by atoms with E-state index in [1.165, 1.54) is 11.6 Å². The zero-order chi connectivity index (χ0) is 18.5. The zero-order valence-corrected chi connectivity index (χ0v) is 14.7. The molecule has 1 unspecified atom stereocenters. The number of pyridine rings is 1. The fourth-order valence-electron chi connectivity index (χ4n) is 3.18. The number of nitrogens with one attached hydrogen (secondary N) is 1. The molecule has 7 heteroatoms. The summed E-state index contributed by atoms with van der Waals surface area (Å²) in [4.78, 5) is 29.2. The van der Waals surface area contributed by atoms with Crippen LogP contribution in [-0.4, -0.2) is 39.8 Å². The van der Waals surface area contributed by atoms with Crippen LogP contribution in [0.3, 0.4) is 0 Å². The summed E-state index contributed by atoms with van der Waals surface area (Å²) in [5, 5.41) is 14.2. The normalized spacial score (nSPS) is 16.7. The number of anilines is 1. The van der Waals surface area contributed by atoms with Crippen LogP contribution in [0.2, 0.25) is 0 Å². The summed E-state index contributed by atoms with van der Waals surface area (Å²) in [6, 6.07) is 11.2. The number of nitrogens with zero attached hydrogens (tertiary/aromatic N) is 3. The maximum Gasteiger partial charge on any atom is 0.311 e. The second-order valence-corrected chi connectivity index (χ2v) is 6.54. The molecule has 0 bridgehead atoms. The maximum absolute atomic E-state index is 12.6. The third-order valence-corrected chi connectivity index (χ3v) is 4.55. The lowest BCUT2D eigenvalue weighted by Gasteiger charge is -2.17. The van der Waals surface area contributed by atoms with E-state index in [4.69, 9.17) is 0 Å². The highest BCUT2D eigenvalue weighted by molar-refractivity contribution is 5.87. The summed E-state index contributed by atoms with van der Waals surface area (Å²) in [5.74, 6) is 0.139. The summed E-state index contributed by atoms with van der Waals surface area (Å²) in [6.07, 6.45) is 4.00. The molecule has 0 saturated carbocycles. The third-order valence-electron chi connectivity index (χ3n) is 4.55. The highest BCUT2D eigenvalue weighted by Gasteiger charge is 2.32. The largest absolute Gasteiger partial charge is 0.353 e. The summed E-state index contributed by atoms with van der Waals surface area (Å²) >= 11 is 0. The summed E-state index contributed by atoms with van der Waals surface area (Å²) in [5.41, 5.74) is 1.87. The van der Waals surface area contributed by atoms with Gasteiger partial charge in [-0.2, -0.15) is 0 Å². The van der Waals surface area contributed by atoms with Gasteiger partial charge in [0.25, 0.3) is 0 Å². The fraction of sp³-hybridized carbons (Fsp3) is 0.368. The number of aryl methyl sites for hydroxylation is 2. The first-order chi connectivity index (χ1) is 12.5. The van der Waals surface area contributed by atoms with Crippen LogP contribution < -0.4 is 5.32 Å². The van der Waals surface area contributed by atoms with Crippen LogP contribution in [-0.2, 0) is 11.2 Å². The molecule has 1 aromatic heterocycles. The van der Waals surface area contributed by atoms with Crippen LogP contribution in [0, 0.1) is 17.0 Å². The molecule has 1 N–H and O–H groups in total. The van der Waals surface area contributed by atoms with Gasteiger partial charge in [-0.3, -0.25) is 14.9 Å². The molecule has 1 amide bonds. The van der Waals surface area contributed by atoms with E-state index in [0.29, 0.717) is 25.1 Å². The summed E-state index contributed by atoms with van der Waals surface area (Å²) in [6.45, 7) is 3.10. The van der Waals surface area contributed by atoms with Crippen molar-refractivity contribution in [1.29, 1.82) is 0 Å². The lowest BCUT2D eigenvalue weighted by Crippen LogP contribution is -2.34. The SMILES string of the molecule is Cc1cnc(NC2CCN(CCCc3ccccc3)C2=O)c([N+](=O)[O-])c1. The highest BCUT2D eigenvalue weighted by atomic mass is 16.6. The Labute approximate surface area is 152 Å². The van der Waals surface area contributed by atoms with Crippen molar-refractivity contribution in [2.45, 2.75) is 32.2 Å². The standard InChI is InChI=1S/C19H22N4O3/c1-14-12-17(23(25)26)18(20-13-14)21-16-9-11-22(19(16)24)10-5-8-15-6-3-2-4-7-15/h2-4,6-7,12-13,16H,5,8-11H2,1H3,(H,20,21). The molecule has 0 aliphatic carbocycles. The van der Waals surface area contributed by atoms with Crippen LogP contribution in [0.15, 0.2) is 42.6 Å². The van der Waals surface area contributed by atoms with Crippen LogP contribution in [0.4, 0.5) is 11.5 Å². The molecule has 1 aliphatic heterocycles. The Balaban J connectivity index is 1.57. The van der Waals surface area contributed by atoms with Crippen LogP contribution in [0.5, 0.6) is 0 Å². The van der Waals surface area contributed by atoms with E-state index in [1.807, 2.05) is 23.1 Å². The Kier molecular flexibility index (Phi) is 5.46. The Morgan fingerprint density at radius 3 is 2.85 bits per heavy atom. The van der Waals surface area contributed by atoms with Gasteiger partial charge in [0, 0.05) is 25.4 Å². The minimum atomic E-state index is -0.473. The third kappa shape index (κ3) is 4.17. The quantitative estimate of drug-likeness (QED) is 0.610. The Morgan fingerprint density at radius 1 is 1.35 bits per heavy atom. The summed E-state index contributed by atoms with van der Waals surface area (Å²) < 4.78 is 0. The van der Waals surface area contributed by atoms with Crippen molar-refractivity contribution in [3.63, 3.8) is 0 Å². The predicted molar refractivity (Wildman–Crippen MR) is 99.0 cm³/mol. The number of amides is 1. The van der Waals surface area contributed by atoms with Crippen molar-refractivity contribution in [2.24, 2.45) is 0 Å². The minimum absolute atomic E-state index is 0.0188. The molecular formula is C19H22N4O3. The molecule has 0 radical (unpaired) electrons. The van der Waals surface area contributed by atoms with Gasteiger partial charge in [-0.15, -0.1) is 0 Å².